The van der Waals surface area contributed by atoms with Gasteiger partial charge in [-0.1, -0.05) is 66.7 Å². The van der Waals surface area contributed by atoms with Crippen molar-refractivity contribution in [1.82, 2.24) is 5.43 Å². The smallest absolute Gasteiger partial charge is 0.261 e. The predicted octanol–water partition coefficient (Wildman–Crippen LogP) is 2.98. The summed E-state index contributed by atoms with van der Waals surface area (Å²) in [6.07, 6.45) is 0. The minimum atomic E-state index is -0.544. The summed E-state index contributed by atoms with van der Waals surface area (Å²) in [5, 5.41) is 5.48. The Morgan fingerprint density at radius 2 is 1.55 bits per heavy atom. The monoisotopic (exact) mass is 291 g/mol. The van der Waals surface area contributed by atoms with Crippen molar-refractivity contribution in [3.63, 3.8) is 0 Å². The number of anilines is 1. The minimum absolute atomic E-state index is 0.279. The Morgan fingerprint density at radius 3 is 2.32 bits per heavy atom. The number of hydrazine groups is 1. The van der Waals surface area contributed by atoms with Crippen molar-refractivity contribution in [1.29, 1.82) is 0 Å². The molecule has 110 valence electrons. The molecule has 3 aromatic rings. The molecule has 0 spiro atoms. The maximum absolute atomic E-state index is 12.2. The number of nitrogens with two attached hydrogens (primary N) is 1. The number of benzene rings is 3. The first-order valence-electron chi connectivity index (χ1n) is 7.09. The van der Waals surface area contributed by atoms with Crippen molar-refractivity contribution in [3.05, 3.63) is 78.4 Å². The Balaban J connectivity index is 2.01. The van der Waals surface area contributed by atoms with Crippen molar-refractivity contribution >= 4 is 22.4 Å². The van der Waals surface area contributed by atoms with Crippen LogP contribution in [0.15, 0.2) is 72.8 Å². The van der Waals surface area contributed by atoms with Gasteiger partial charge in [-0.05, 0) is 17.0 Å². The first-order valence-corrected chi connectivity index (χ1v) is 7.09. The zero-order valence-electron chi connectivity index (χ0n) is 12.0. The zero-order valence-corrected chi connectivity index (χ0v) is 12.0. The summed E-state index contributed by atoms with van der Waals surface area (Å²) in [6, 6.07) is 23.0. The molecule has 22 heavy (non-hydrogen) atoms. The van der Waals surface area contributed by atoms with E-state index in [9.17, 15) is 4.79 Å². The van der Waals surface area contributed by atoms with Gasteiger partial charge in [0.2, 0.25) is 0 Å². The molecule has 1 atom stereocenters. The largest absolute Gasteiger partial charge is 0.370 e. The van der Waals surface area contributed by atoms with Gasteiger partial charge in [0.25, 0.3) is 5.91 Å². The third kappa shape index (κ3) is 2.77. The Morgan fingerprint density at radius 1 is 0.864 bits per heavy atom. The van der Waals surface area contributed by atoms with E-state index in [0.29, 0.717) is 0 Å². The lowest BCUT2D eigenvalue weighted by Crippen LogP contribution is -2.37. The standard InChI is InChI=1S/C18H17N3O/c19-21-18(22)17(14-8-2-1-3-9-14)20-16-12-6-10-13-7-4-5-11-15(13)16/h1-12,17,20H,19H2,(H,21,22)/t17-/m0/s1. The second-order valence-corrected chi connectivity index (χ2v) is 5.02. The van der Waals surface area contributed by atoms with Gasteiger partial charge in [0.1, 0.15) is 6.04 Å². The van der Waals surface area contributed by atoms with E-state index in [-0.39, 0.29) is 5.91 Å². The summed E-state index contributed by atoms with van der Waals surface area (Å²) in [4.78, 5) is 12.2. The highest BCUT2D eigenvalue weighted by Crippen LogP contribution is 2.27. The van der Waals surface area contributed by atoms with Gasteiger partial charge in [-0.3, -0.25) is 10.2 Å². The SMILES string of the molecule is NNC(=O)[C@@H](Nc1cccc2ccccc12)c1ccccc1. The van der Waals surface area contributed by atoms with E-state index in [1.807, 2.05) is 72.8 Å². The van der Waals surface area contributed by atoms with Crippen LogP contribution in [0.3, 0.4) is 0 Å². The molecule has 4 N–H and O–H groups in total. The van der Waals surface area contributed by atoms with E-state index in [1.54, 1.807) is 0 Å². The first kappa shape index (κ1) is 14.1. The molecule has 1 amide bonds. The molecule has 4 nitrogen and oxygen atoms in total. The maximum Gasteiger partial charge on any atom is 0.261 e. The van der Waals surface area contributed by atoms with Crippen LogP contribution in [0.5, 0.6) is 0 Å². The molecular weight excluding hydrogens is 274 g/mol. The lowest BCUT2D eigenvalue weighted by atomic mass is 10.0. The van der Waals surface area contributed by atoms with Crippen molar-refractivity contribution in [2.45, 2.75) is 6.04 Å². The summed E-state index contributed by atoms with van der Waals surface area (Å²) in [6.45, 7) is 0. The van der Waals surface area contributed by atoms with E-state index in [2.05, 4.69) is 10.7 Å². The van der Waals surface area contributed by atoms with Crippen molar-refractivity contribution < 1.29 is 4.79 Å². The van der Waals surface area contributed by atoms with Gasteiger partial charge in [0, 0.05) is 11.1 Å². The molecule has 3 rings (SSSR count). The fraction of sp³-hybridized carbons (Fsp3) is 0.0556. The quantitative estimate of drug-likeness (QED) is 0.393. The number of hydrogen-bond acceptors (Lipinski definition) is 3. The van der Waals surface area contributed by atoms with E-state index >= 15 is 0 Å². The van der Waals surface area contributed by atoms with Crippen LogP contribution in [-0.2, 0) is 4.79 Å². The molecular formula is C18H17N3O. The fourth-order valence-corrected chi connectivity index (χ4v) is 2.54. The highest BCUT2D eigenvalue weighted by Gasteiger charge is 2.20. The number of fused-ring (bicyclic) bond motifs is 1. The predicted molar refractivity (Wildman–Crippen MR) is 89.1 cm³/mol. The fourth-order valence-electron chi connectivity index (χ4n) is 2.54. The van der Waals surface area contributed by atoms with Gasteiger partial charge in [-0.25, -0.2) is 5.84 Å². The van der Waals surface area contributed by atoms with E-state index in [1.165, 1.54) is 0 Å². The van der Waals surface area contributed by atoms with Gasteiger partial charge < -0.3 is 5.32 Å². The summed E-state index contributed by atoms with van der Waals surface area (Å²) < 4.78 is 0. The second kappa shape index (κ2) is 6.28. The molecule has 0 aliphatic heterocycles. The number of carbonyl (C=O) groups is 1. The van der Waals surface area contributed by atoms with E-state index in [0.717, 1.165) is 22.0 Å². The summed E-state index contributed by atoms with van der Waals surface area (Å²) in [5.41, 5.74) is 3.99. The molecule has 0 aliphatic rings. The van der Waals surface area contributed by atoms with Gasteiger partial charge in [-0.15, -0.1) is 0 Å². The Labute approximate surface area is 128 Å². The molecule has 0 unspecified atom stereocenters. The molecule has 0 heterocycles. The molecule has 0 bridgehead atoms. The van der Waals surface area contributed by atoms with Crippen LogP contribution in [-0.4, -0.2) is 5.91 Å². The highest BCUT2D eigenvalue weighted by molar-refractivity contribution is 5.96. The molecule has 0 aromatic heterocycles. The lowest BCUT2D eigenvalue weighted by molar-refractivity contribution is -0.122. The number of carbonyl (C=O) groups excluding carboxylic acids is 1. The normalized spacial score (nSPS) is 11.9. The average Bonchev–Trinajstić information content (AvgIpc) is 2.60. The van der Waals surface area contributed by atoms with Crippen LogP contribution in [0.25, 0.3) is 10.8 Å². The highest BCUT2D eigenvalue weighted by atomic mass is 16.2. The number of rotatable bonds is 4. The van der Waals surface area contributed by atoms with Crippen molar-refractivity contribution in [3.8, 4) is 0 Å². The molecule has 0 saturated carbocycles. The number of nitrogens with one attached hydrogen (secondary N) is 2. The summed E-state index contributed by atoms with van der Waals surface area (Å²) in [5.74, 6) is 5.06. The number of amides is 1. The molecule has 4 heteroatoms. The van der Waals surface area contributed by atoms with E-state index in [4.69, 9.17) is 5.84 Å². The molecule has 0 saturated heterocycles. The van der Waals surface area contributed by atoms with Crippen LogP contribution in [0, 0.1) is 0 Å². The number of hydrogen-bond donors (Lipinski definition) is 3. The van der Waals surface area contributed by atoms with Gasteiger partial charge >= 0.3 is 0 Å². The van der Waals surface area contributed by atoms with E-state index < -0.39 is 6.04 Å². The van der Waals surface area contributed by atoms with Gasteiger partial charge in [0.15, 0.2) is 0 Å². The molecule has 0 radical (unpaired) electrons. The lowest BCUT2D eigenvalue weighted by Gasteiger charge is -2.20. The van der Waals surface area contributed by atoms with Crippen molar-refractivity contribution in [2.24, 2.45) is 5.84 Å². The Hall–Kier alpha value is -2.85. The third-order valence-electron chi connectivity index (χ3n) is 3.63. The Bertz CT molecular complexity index is 781. The van der Waals surface area contributed by atoms with Crippen molar-refractivity contribution in [2.75, 3.05) is 5.32 Å². The van der Waals surface area contributed by atoms with Crippen LogP contribution < -0.4 is 16.6 Å². The zero-order chi connectivity index (χ0) is 15.4. The third-order valence-corrected chi connectivity index (χ3v) is 3.63. The van der Waals surface area contributed by atoms with Crippen LogP contribution in [0.4, 0.5) is 5.69 Å². The van der Waals surface area contributed by atoms with Crippen LogP contribution in [0.2, 0.25) is 0 Å². The van der Waals surface area contributed by atoms with Crippen LogP contribution in [0.1, 0.15) is 11.6 Å². The minimum Gasteiger partial charge on any atom is -0.370 e. The van der Waals surface area contributed by atoms with Gasteiger partial charge in [0.05, 0.1) is 0 Å². The molecule has 3 aromatic carbocycles. The maximum atomic E-state index is 12.2. The van der Waals surface area contributed by atoms with Gasteiger partial charge in [-0.2, -0.15) is 0 Å². The summed E-state index contributed by atoms with van der Waals surface area (Å²) in [7, 11) is 0. The second-order valence-electron chi connectivity index (χ2n) is 5.02. The average molecular weight is 291 g/mol. The van der Waals surface area contributed by atoms with Crippen LogP contribution >= 0.6 is 0 Å². The first-order chi connectivity index (χ1) is 10.8. The summed E-state index contributed by atoms with van der Waals surface area (Å²) >= 11 is 0. The molecule has 0 aliphatic carbocycles. The molecule has 0 fully saturated rings. The topological polar surface area (TPSA) is 67.1 Å². The Kier molecular flexibility index (Phi) is 4.03.